The number of carbonyl (C=O) groups is 1. The predicted octanol–water partition coefficient (Wildman–Crippen LogP) is 3.73. The van der Waals surface area contributed by atoms with Gasteiger partial charge in [0.2, 0.25) is 0 Å². The number of nitrogens with zero attached hydrogens (tertiary/aromatic N) is 4. The van der Waals surface area contributed by atoms with Crippen molar-refractivity contribution in [1.82, 2.24) is 19.3 Å². The second-order valence-corrected chi connectivity index (χ2v) is 6.64. The highest BCUT2D eigenvalue weighted by Gasteiger charge is 2.14. The molecule has 3 heterocycles. The Labute approximate surface area is 149 Å². The number of carbonyl (C=O) groups excluding carboxylic acids is 1. The largest absolute Gasteiger partial charge is 0.336 e. The van der Waals surface area contributed by atoms with Crippen LogP contribution in [0.2, 0.25) is 0 Å². The van der Waals surface area contributed by atoms with Crippen molar-refractivity contribution < 1.29 is 4.79 Å². The molecule has 0 unspecified atom stereocenters. The van der Waals surface area contributed by atoms with Gasteiger partial charge < -0.3 is 9.30 Å². The van der Waals surface area contributed by atoms with Crippen LogP contribution in [0.25, 0.3) is 16.2 Å². The first-order chi connectivity index (χ1) is 12.2. The summed E-state index contributed by atoms with van der Waals surface area (Å²) >= 11 is 1.59. The van der Waals surface area contributed by atoms with E-state index < -0.39 is 0 Å². The van der Waals surface area contributed by atoms with Crippen molar-refractivity contribution in [3.05, 3.63) is 77.7 Å². The van der Waals surface area contributed by atoms with Crippen LogP contribution in [-0.2, 0) is 6.54 Å². The lowest BCUT2D eigenvalue weighted by Gasteiger charge is -2.16. The Morgan fingerprint density at radius 1 is 1.20 bits per heavy atom. The van der Waals surface area contributed by atoms with Gasteiger partial charge in [-0.1, -0.05) is 30.3 Å². The van der Waals surface area contributed by atoms with E-state index in [2.05, 4.69) is 9.97 Å². The molecule has 124 valence electrons. The lowest BCUT2D eigenvalue weighted by molar-refractivity contribution is 0.0783. The van der Waals surface area contributed by atoms with Gasteiger partial charge in [-0.15, -0.1) is 11.3 Å². The average molecular weight is 348 g/mol. The quantitative estimate of drug-likeness (QED) is 0.565. The Morgan fingerprint density at radius 3 is 2.88 bits per heavy atom. The number of amides is 1. The Hall–Kier alpha value is -2.99. The van der Waals surface area contributed by atoms with Crippen LogP contribution in [0.1, 0.15) is 16.1 Å². The summed E-state index contributed by atoms with van der Waals surface area (Å²) in [5.41, 5.74) is 3.44. The van der Waals surface area contributed by atoms with Crippen LogP contribution in [0.5, 0.6) is 0 Å². The molecule has 0 N–H and O–H groups in total. The third-order valence-electron chi connectivity index (χ3n) is 3.95. The van der Waals surface area contributed by atoms with Crippen LogP contribution in [0.15, 0.2) is 66.4 Å². The molecular weight excluding hydrogens is 332 g/mol. The van der Waals surface area contributed by atoms with Crippen molar-refractivity contribution >= 4 is 22.9 Å². The molecule has 25 heavy (non-hydrogen) atoms. The number of rotatable bonds is 4. The second-order valence-electron chi connectivity index (χ2n) is 5.78. The zero-order valence-electron chi connectivity index (χ0n) is 13.7. The van der Waals surface area contributed by atoms with Crippen LogP contribution in [0.4, 0.5) is 0 Å². The van der Waals surface area contributed by atoms with E-state index in [1.807, 2.05) is 52.4 Å². The maximum atomic E-state index is 12.7. The van der Waals surface area contributed by atoms with Gasteiger partial charge in [0.15, 0.2) is 0 Å². The third-order valence-corrected chi connectivity index (χ3v) is 4.89. The molecular formula is C19H16N4OS. The van der Waals surface area contributed by atoms with Gasteiger partial charge >= 0.3 is 0 Å². The van der Waals surface area contributed by atoms with Crippen LogP contribution in [0, 0.1) is 0 Å². The van der Waals surface area contributed by atoms with Gasteiger partial charge in [0.05, 0.1) is 17.8 Å². The smallest absolute Gasteiger partial charge is 0.255 e. The Bertz CT molecular complexity index is 1020. The zero-order valence-corrected chi connectivity index (χ0v) is 14.5. The van der Waals surface area contributed by atoms with E-state index in [9.17, 15) is 4.79 Å². The van der Waals surface area contributed by atoms with Crippen LogP contribution >= 0.6 is 11.3 Å². The van der Waals surface area contributed by atoms with Gasteiger partial charge in [-0.3, -0.25) is 4.79 Å². The van der Waals surface area contributed by atoms with E-state index in [1.165, 1.54) is 0 Å². The minimum absolute atomic E-state index is 0.0372. The summed E-state index contributed by atoms with van der Waals surface area (Å²) in [5.74, 6) is -0.0372. The summed E-state index contributed by atoms with van der Waals surface area (Å²) in [6.07, 6.45) is 5.35. The monoisotopic (exact) mass is 348 g/mol. The number of benzene rings is 1. The van der Waals surface area contributed by atoms with Crippen molar-refractivity contribution in [2.24, 2.45) is 0 Å². The van der Waals surface area contributed by atoms with Gasteiger partial charge in [0.1, 0.15) is 10.7 Å². The fraction of sp³-hybridized carbons (Fsp3) is 0.105. The number of imidazole rings is 1. The fourth-order valence-electron chi connectivity index (χ4n) is 2.67. The number of pyridine rings is 1. The van der Waals surface area contributed by atoms with E-state index in [0.717, 1.165) is 21.9 Å². The molecule has 0 radical (unpaired) electrons. The van der Waals surface area contributed by atoms with E-state index in [-0.39, 0.29) is 5.91 Å². The maximum absolute atomic E-state index is 12.7. The van der Waals surface area contributed by atoms with E-state index in [4.69, 9.17) is 0 Å². The highest BCUT2D eigenvalue weighted by Crippen LogP contribution is 2.24. The highest BCUT2D eigenvalue weighted by atomic mass is 32.1. The average Bonchev–Trinajstić information content (AvgIpc) is 3.30. The van der Waals surface area contributed by atoms with E-state index >= 15 is 0 Å². The standard InChI is InChI=1S/C19H16N4OS/c1-22(19(24)15-7-8-17-20-9-10-23(17)11-15)12-16-13-25-18(21-16)14-5-3-2-4-6-14/h2-11,13H,12H2,1H3. The molecule has 3 aromatic heterocycles. The first-order valence-electron chi connectivity index (χ1n) is 7.89. The summed E-state index contributed by atoms with van der Waals surface area (Å²) in [6, 6.07) is 13.7. The molecule has 6 heteroatoms. The van der Waals surface area contributed by atoms with Crippen LogP contribution < -0.4 is 0 Å². The molecule has 0 bridgehead atoms. The molecule has 0 spiro atoms. The molecule has 0 fully saturated rings. The van der Waals surface area contributed by atoms with Crippen molar-refractivity contribution in [2.75, 3.05) is 7.05 Å². The van der Waals surface area contributed by atoms with Gasteiger partial charge in [0.25, 0.3) is 5.91 Å². The van der Waals surface area contributed by atoms with Crippen molar-refractivity contribution in [2.45, 2.75) is 6.54 Å². The summed E-state index contributed by atoms with van der Waals surface area (Å²) in [5, 5.41) is 2.97. The zero-order chi connectivity index (χ0) is 17.2. The molecule has 0 aliphatic heterocycles. The minimum Gasteiger partial charge on any atom is -0.336 e. The SMILES string of the molecule is CN(Cc1csc(-c2ccccc2)n1)C(=O)c1ccc2nccn2c1. The van der Waals surface area contributed by atoms with Gasteiger partial charge in [0, 0.05) is 36.6 Å². The molecule has 0 aliphatic carbocycles. The number of hydrogen-bond donors (Lipinski definition) is 0. The van der Waals surface area contributed by atoms with Crippen LogP contribution in [-0.4, -0.2) is 32.2 Å². The number of fused-ring (bicyclic) bond motifs is 1. The van der Waals surface area contributed by atoms with Gasteiger partial charge in [-0.05, 0) is 12.1 Å². The van der Waals surface area contributed by atoms with E-state index in [0.29, 0.717) is 12.1 Å². The molecule has 0 saturated carbocycles. The molecule has 0 saturated heterocycles. The number of hydrogen-bond acceptors (Lipinski definition) is 4. The van der Waals surface area contributed by atoms with Crippen molar-refractivity contribution in [3.63, 3.8) is 0 Å². The molecule has 1 amide bonds. The maximum Gasteiger partial charge on any atom is 0.255 e. The third kappa shape index (κ3) is 3.16. The molecule has 4 aromatic rings. The summed E-state index contributed by atoms with van der Waals surface area (Å²) in [4.78, 5) is 23.2. The van der Waals surface area contributed by atoms with Crippen LogP contribution in [0.3, 0.4) is 0 Å². The second kappa shape index (κ2) is 6.49. The van der Waals surface area contributed by atoms with Gasteiger partial charge in [-0.25, -0.2) is 9.97 Å². The molecule has 4 rings (SSSR count). The summed E-state index contributed by atoms with van der Waals surface area (Å²) in [7, 11) is 1.79. The Morgan fingerprint density at radius 2 is 2.04 bits per heavy atom. The lowest BCUT2D eigenvalue weighted by Crippen LogP contribution is -2.26. The topological polar surface area (TPSA) is 50.5 Å². The molecule has 0 atom stereocenters. The van der Waals surface area contributed by atoms with Gasteiger partial charge in [-0.2, -0.15) is 0 Å². The Balaban J connectivity index is 1.50. The number of thiazole rings is 1. The summed E-state index contributed by atoms with van der Waals surface area (Å²) < 4.78 is 1.84. The lowest BCUT2D eigenvalue weighted by atomic mass is 10.2. The van der Waals surface area contributed by atoms with E-state index in [1.54, 1.807) is 41.7 Å². The molecule has 0 aliphatic rings. The molecule has 5 nitrogen and oxygen atoms in total. The Kier molecular flexibility index (Phi) is 4.03. The fourth-order valence-corrected chi connectivity index (χ4v) is 3.49. The van der Waals surface area contributed by atoms with Crippen molar-refractivity contribution in [1.29, 1.82) is 0 Å². The minimum atomic E-state index is -0.0372. The first kappa shape index (κ1) is 15.5. The number of aromatic nitrogens is 3. The normalized spacial score (nSPS) is 10.9. The first-order valence-corrected chi connectivity index (χ1v) is 8.77. The predicted molar refractivity (Wildman–Crippen MR) is 98.5 cm³/mol. The molecule has 1 aromatic carbocycles. The summed E-state index contributed by atoms with van der Waals surface area (Å²) in [6.45, 7) is 0.476. The highest BCUT2D eigenvalue weighted by molar-refractivity contribution is 7.13. The van der Waals surface area contributed by atoms with Crippen molar-refractivity contribution in [3.8, 4) is 10.6 Å².